The van der Waals surface area contributed by atoms with Gasteiger partial charge in [0.05, 0.1) is 7.11 Å². The predicted molar refractivity (Wildman–Crippen MR) is 62.6 cm³/mol. The first kappa shape index (κ1) is 11.1. The normalized spacial score (nSPS) is 24.4. The van der Waals surface area contributed by atoms with Crippen LogP contribution < -0.4 is 15.8 Å². The van der Waals surface area contributed by atoms with Crippen molar-refractivity contribution in [1.82, 2.24) is 9.97 Å². The van der Waals surface area contributed by atoms with Gasteiger partial charge in [0.15, 0.2) is 0 Å². The lowest BCUT2D eigenvalue weighted by molar-refractivity contribution is 0.396. The van der Waals surface area contributed by atoms with Crippen LogP contribution in [0.15, 0.2) is 6.07 Å². The zero-order chi connectivity index (χ0) is 11.5. The molecule has 0 amide bonds. The third-order valence-electron chi connectivity index (χ3n) is 2.92. The topological polar surface area (TPSA) is 73.1 Å². The van der Waals surface area contributed by atoms with Crippen molar-refractivity contribution in [2.75, 3.05) is 12.4 Å². The lowest BCUT2D eigenvalue weighted by atomic mass is 10.2. The van der Waals surface area contributed by atoms with E-state index in [1.165, 1.54) is 6.42 Å². The van der Waals surface area contributed by atoms with Gasteiger partial charge in [-0.15, -0.1) is 0 Å². The SMILES string of the molecule is COc1cc(C)nc(NC2CCCC2N)n1. The van der Waals surface area contributed by atoms with E-state index in [0.29, 0.717) is 11.8 Å². The Morgan fingerprint density at radius 1 is 1.44 bits per heavy atom. The van der Waals surface area contributed by atoms with Crippen LogP contribution in [-0.4, -0.2) is 29.2 Å². The molecule has 0 bridgehead atoms. The fourth-order valence-corrected chi connectivity index (χ4v) is 2.04. The molecule has 0 aromatic carbocycles. The fraction of sp³-hybridized carbons (Fsp3) is 0.636. The molecule has 1 aliphatic rings. The summed E-state index contributed by atoms with van der Waals surface area (Å²) < 4.78 is 5.10. The van der Waals surface area contributed by atoms with Gasteiger partial charge in [-0.25, -0.2) is 4.98 Å². The smallest absolute Gasteiger partial charge is 0.226 e. The van der Waals surface area contributed by atoms with Crippen molar-refractivity contribution in [3.8, 4) is 5.88 Å². The van der Waals surface area contributed by atoms with E-state index in [4.69, 9.17) is 10.5 Å². The minimum atomic E-state index is 0.204. The third kappa shape index (κ3) is 2.41. The number of hydrogen-bond acceptors (Lipinski definition) is 5. The number of nitrogens with one attached hydrogen (secondary N) is 1. The highest BCUT2D eigenvalue weighted by atomic mass is 16.5. The average molecular weight is 222 g/mol. The Bertz CT molecular complexity index is 369. The van der Waals surface area contributed by atoms with E-state index < -0.39 is 0 Å². The Balaban J connectivity index is 2.11. The van der Waals surface area contributed by atoms with Crippen LogP contribution in [0.1, 0.15) is 25.0 Å². The summed E-state index contributed by atoms with van der Waals surface area (Å²) in [6.07, 6.45) is 3.32. The van der Waals surface area contributed by atoms with Crippen LogP contribution >= 0.6 is 0 Å². The standard InChI is InChI=1S/C11H18N4O/c1-7-6-10(16-2)15-11(13-7)14-9-5-3-4-8(9)12/h6,8-9H,3-5,12H2,1-2H3,(H,13,14,15). The first-order valence-electron chi connectivity index (χ1n) is 5.61. The third-order valence-corrected chi connectivity index (χ3v) is 2.92. The zero-order valence-corrected chi connectivity index (χ0v) is 9.73. The summed E-state index contributed by atoms with van der Waals surface area (Å²) in [6, 6.07) is 2.29. The number of nitrogens with zero attached hydrogens (tertiary/aromatic N) is 2. The molecule has 1 aliphatic carbocycles. The minimum absolute atomic E-state index is 0.204. The van der Waals surface area contributed by atoms with Gasteiger partial charge in [-0.05, 0) is 26.2 Å². The summed E-state index contributed by atoms with van der Waals surface area (Å²) in [4.78, 5) is 8.57. The van der Waals surface area contributed by atoms with Gasteiger partial charge >= 0.3 is 0 Å². The molecule has 0 saturated heterocycles. The molecule has 1 saturated carbocycles. The van der Waals surface area contributed by atoms with Crippen LogP contribution in [0.3, 0.4) is 0 Å². The van der Waals surface area contributed by atoms with E-state index in [1.54, 1.807) is 13.2 Å². The van der Waals surface area contributed by atoms with Gasteiger partial charge in [0.2, 0.25) is 11.8 Å². The van der Waals surface area contributed by atoms with Crippen molar-refractivity contribution >= 4 is 5.95 Å². The van der Waals surface area contributed by atoms with Gasteiger partial charge in [0.1, 0.15) is 0 Å². The lowest BCUT2D eigenvalue weighted by Gasteiger charge is -2.17. The fourth-order valence-electron chi connectivity index (χ4n) is 2.04. The Morgan fingerprint density at radius 3 is 2.88 bits per heavy atom. The summed E-state index contributed by atoms with van der Waals surface area (Å²) in [6.45, 7) is 1.92. The molecular weight excluding hydrogens is 204 g/mol. The number of ether oxygens (including phenoxy) is 1. The molecule has 0 radical (unpaired) electrons. The molecule has 2 unspecified atom stereocenters. The molecule has 1 heterocycles. The number of hydrogen-bond donors (Lipinski definition) is 2. The molecule has 16 heavy (non-hydrogen) atoms. The maximum absolute atomic E-state index is 5.99. The van der Waals surface area contributed by atoms with E-state index in [2.05, 4.69) is 15.3 Å². The average Bonchev–Trinajstić information content (AvgIpc) is 2.63. The van der Waals surface area contributed by atoms with Gasteiger partial charge in [-0.3, -0.25) is 0 Å². The number of aryl methyl sites for hydroxylation is 1. The lowest BCUT2D eigenvalue weighted by Crippen LogP contribution is -2.35. The largest absolute Gasteiger partial charge is 0.481 e. The Morgan fingerprint density at radius 2 is 2.25 bits per heavy atom. The van der Waals surface area contributed by atoms with Crippen molar-refractivity contribution in [2.24, 2.45) is 5.73 Å². The van der Waals surface area contributed by atoms with Crippen molar-refractivity contribution in [1.29, 1.82) is 0 Å². The summed E-state index contributed by atoms with van der Waals surface area (Å²) >= 11 is 0. The van der Waals surface area contributed by atoms with Crippen molar-refractivity contribution in [3.63, 3.8) is 0 Å². The van der Waals surface area contributed by atoms with Gasteiger partial charge in [0.25, 0.3) is 0 Å². The highest BCUT2D eigenvalue weighted by molar-refractivity contribution is 5.32. The van der Waals surface area contributed by atoms with Gasteiger partial charge in [-0.1, -0.05) is 0 Å². The van der Waals surface area contributed by atoms with Gasteiger partial charge in [0, 0.05) is 23.8 Å². The minimum Gasteiger partial charge on any atom is -0.481 e. The van der Waals surface area contributed by atoms with E-state index in [9.17, 15) is 0 Å². The first-order valence-corrected chi connectivity index (χ1v) is 5.61. The molecule has 1 fully saturated rings. The molecular formula is C11H18N4O. The van der Waals surface area contributed by atoms with Crippen molar-refractivity contribution in [2.45, 2.75) is 38.3 Å². The molecule has 88 valence electrons. The summed E-state index contributed by atoms with van der Waals surface area (Å²) in [7, 11) is 1.60. The van der Waals surface area contributed by atoms with Crippen LogP contribution in [0, 0.1) is 6.92 Å². The molecule has 5 nitrogen and oxygen atoms in total. The monoisotopic (exact) mass is 222 g/mol. The van der Waals surface area contributed by atoms with Crippen LogP contribution in [0.5, 0.6) is 5.88 Å². The first-order chi connectivity index (χ1) is 7.69. The quantitative estimate of drug-likeness (QED) is 0.800. The second-order valence-corrected chi connectivity index (χ2v) is 4.22. The molecule has 5 heteroatoms. The van der Waals surface area contributed by atoms with Gasteiger partial charge in [-0.2, -0.15) is 4.98 Å². The molecule has 2 atom stereocenters. The predicted octanol–water partition coefficient (Wildman–Crippen LogP) is 1.09. The van der Waals surface area contributed by atoms with Crippen LogP contribution in [0.25, 0.3) is 0 Å². The molecule has 1 aromatic heterocycles. The number of aromatic nitrogens is 2. The summed E-state index contributed by atoms with van der Waals surface area (Å²) in [5.74, 6) is 1.20. The Kier molecular flexibility index (Phi) is 3.24. The van der Waals surface area contributed by atoms with E-state index in [0.717, 1.165) is 18.5 Å². The zero-order valence-electron chi connectivity index (χ0n) is 9.73. The van der Waals surface area contributed by atoms with Crippen LogP contribution in [-0.2, 0) is 0 Å². The molecule has 0 spiro atoms. The maximum atomic E-state index is 5.99. The highest BCUT2D eigenvalue weighted by Crippen LogP contribution is 2.21. The van der Waals surface area contributed by atoms with E-state index >= 15 is 0 Å². The van der Waals surface area contributed by atoms with Crippen LogP contribution in [0.2, 0.25) is 0 Å². The second kappa shape index (κ2) is 4.65. The molecule has 0 aliphatic heterocycles. The van der Waals surface area contributed by atoms with E-state index in [-0.39, 0.29) is 12.1 Å². The van der Waals surface area contributed by atoms with E-state index in [1.807, 2.05) is 6.92 Å². The number of rotatable bonds is 3. The van der Waals surface area contributed by atoms with Gasteiger partial charge < -0.3 is 15.8 Å². The summed E-state index contributed by atoms with van der Waals surface area (Å²) in [5.41, 5.74) is 6.88. The maximum Gasteiger partial charge on any atom is 0.226 e. The Labute approximate surface area is 95.4 Å². The van der Waals surface area contributed by atoms with Crippen molar-refractivity contribution in [3.05, 3.63) is 11.8 Å². The van der Waals surface area contributed by atoms with Crippen molar-refractivity contribution < 1.29 is 4.74 Å². The Hall–Kier alpha value is -1.36. The molecule has 3 N–H and O–H groups in total. The highest BCUT2D eigenvalue weighted by Gasteiger charge is 2.24. The molecule has 2 rings (SSSR count). The number of anilines is 1. The second-order valence-electron chi connectivity index (χ2n) is 4.22. The number of methoxy groups -OCH3 is 1. The number of nitrogens with two attached hydrogens (primary N) is 1. The molecule has 1 aromatic rings. The summed E-state index contributed by atoms with van der Waals surface area (Å²) in [5, 5.41) is 3.28. The van der Waals surface area contributed by atoms with Crippen LogP contribution in [0.4, 0.5) is 5.95 Å².